The first-order valence-corrected chi connectivity index (χ1v) is 8.24. The Morgan fingerprint density at radius 2 is 1.95 bits per heavy atom. The molecule has 0 radical (unpaired) electrons. The molecule has 0 amide bonds. The second-order valence-corrected chi connectivity index (χ2v) is 6.25. The predicted molar refractivity (Wildman–Crippen MR) is 83.2 cm³/mol. The maximum absolute atomic E-state index is 9.08. The fourth-order valence-corrected chi connectivity index (χ4v) is 3.96. The van der Waals surface area contributed by atoms with Gasteiger partial charge in [-0.2, -0.15) is 5.26 Å². The summed E-state index contributed by atoms with van der Waals surface area (Å²) in [6.07, 6.45) is 8.32. The van der Waals surface area contributed by atoms with E-state index in [-0.39, 0.29) is 0 Å². The van der Waals surface area contributed by atoms with E-state index in [0.29, 0.717) is 12.2 Å². The molecule has 3 nitrogen and oxygen atoms in total. The van der Waals surface area contributed by atoms with Crippen molar-refractivity contribution < 1.29 is 4.74 Å². The molecule has 1 aromatic rings. The highest BCUT2D eigenvalue weighted by Gasteiger charge is 2.32. The molecular weight excluding hydrogens is 260 g/mol. The highest BCUT2D eigenvalue weighted by Crippen LogP contribution is 2.35. The van der Waals surface area contributed by atoms with Crippen molar-refractivity contribution in [3.05, 3.63) is 29.8 Å². The molecule has 2 fully saturated rings. The first-order valence-electron chi connectivity index (χ1n) is 8.24. The van der Waals surface area contributed by atoms with E-state index in [1.165, 1.54) is 45.1 Å². The summed E-state index contributed by atoms with van der Waals surface area (Å²) in [5, 5.41) is 9.08. The van der Waals surface area contributed by atoms with E-state index in [1.807, 2.05) is 24.3 Å². The second kappa shape index (κ2) is 6.95. The molecule has 1 saturated carbocycles. The largest absolute Gasteiger partial charge is 0.491 e. The van der Waals surface area contributed by atoms with Crippen molar-refractivity contribution in [2.24, 2.45) is 5.92 Å². The van der Waals surface area contributed by atoms with Gasteiger partial charge in [0.1, 0.15) is 18.4 Å². The molecule has 2 aliphatic rings. The average molecular weight is 284 g/mol. The molecule has 21 heavy (non-hydrogen) atoms. The molecule has 1 aliphatic heterocycles. The molecule has 1 aromatic carbocycles. The summed E-state index contributed by atoms with van der Waals surface area (Å²) >= 11 is 0. The highest BCUT2D eigenvalue weighted by atomic mass is 16.5. The summed E-state index contributed by atoms with van der Waals surface area (Å²) in [4.78, 5) is 2.63. The number of para-hydroxylation sites is 1. The molecule has 1 heterocycles. The van der Waals surface area contributed by atoms with Gasteiger partial charge in [-0.3, -0.25) is 4.90 Å². The molecule has 0 spiro atoms. The van der Waals surface area contributed by atoms with Crippen molar-refractivity contribution in [3.8, 4) is 11.8 Å². The average Bonchev–Trinajstić information content (AvgIpc) is 2.55. The smallest absolute Gasteiger partial charge is 0.137 e. The first-order chi connectivity index (χ1) is 10.4. The molecule has 1 saturated heterocycles. The van der Waals surface area contributed by atoms with Crippen molar-refractivity contribution in [3.63, 3.8) is 0 Å². The van der Waals surface area contributed by atoms with Crippen LogP contribution in [0.25, 0.3) is 0 Å². The zero-order valence-corrected chi connectivity index (χ0v) is 12.6. The first kappa shape index (κ1) is 14.4. The quantitative estimate of drug-likeness (QED) is 0.847. The standard InChI is InChI=1S/C18H24N2O/c19-14-16-7-2-4-10-18(16)21-13-12-20-11-5-8-15-6-1-3-9-17(15)20/h2,4,7,10,15,17H,1,3,5-6,8-9,11-13H2/t15-,17-/m1/s1. The maximum atomic E-state index is 9.08. The fourth-order valence-electron chi connectivity index (χ4n) is 3.96. The van der Waals surface area contributed by atoms with Gasteiger partial charge in [-0.05, 0) is 50.3 Å². The van der Waals surface area contributed by atoms with Crippen LogP contribution >= 0.6 is 0 Å². The number of rotatable bonds is 4. The Balaban J connectivity index is 1.54. The van der Waals surface area contributed by atoms with Gasteiger partial charge in [0, 0.05) is 12.6 Å². The zero-order valence-electron chi connectivity index (χ0n) is 12.6. The van der Waals surface area contributed by atoms with Crippen LogP contribution in [0.15, 0.2) is 24.3 Å². The van der Waals surface area contributed by atoms with Crippen molar-refractivity contribution >= 4 is 0 Å². The lowest BCUT2D eigenvalue weighted by Crippen LogP contribution is -2.48. The summed E-state index contributed by atoms with van der Waals surface area (Å²) in [6.45, 7) is 2.88. The van der Waals surface area contributed by atoms with E-state index in [0.717, 1.165) is 24.3 Å². The van der Waals surface area contributed by atoms with Crippen molar-refractivity contribution in [1.29, 1.82) is 5.26 Å². The van der Waals surface area contributed by atoms with Gasteiger partial charge in [0.2, 0.25) is 0 Å². The molecule has 0 N–H and O–H groups in total. The number of piperidine rings is 1. The number of ether oxygens (including phenoxy) is 1. The Bertz CT molecular complexity index is 506. The van der Waals surface area contributed by atoms with Crippen LogP contribution in [0.2, 0.25) is 0 Å². The van der Waals surface area contributed by atoms with Crippen LogP contribution in [0.1, 0.15) is 44.1 Å². The summed E-state index contributed by atoms with van der Waals surface area (Å²) in [5.41, 5.74) is 0.631. The van der Waals surface area contributed by atoms with Gasteiger partial charge in [0.05, 0.1) is 5.56 Å². The van der Waals surface area contributed by atoms with E-state index in [9.17, 15) is 0 Å². The van der Waals surface area contributed by atoms with Crippen LogP contribution in [-0.2, 0) is 0 Å². The molecule has 3 rings (SSSR count). The molecule has 3 heteroatoms. The predicted octanol–water partition coefficient (Wildman–Crippen LogP) is 3.59. The Labute approximate surface area is 127 Å². The molecule has 0 bridgehead atoms. The van der Waals surface area contributed by atoms with Gasteiger partial charge >= 0.3 is 0 Å². The third-order valence-corrected chi connectivity index (χ3v) is 5.00. The lowest BCUT2D eigenvalue weighted by Gasteiger charge is -2.44. The molecule has 0 unspecified atom stereocenters. The molecule has 2 atom stereocenters. The van der Waals surface area contributed by atoms with Crippen LogP contribution in [0, 0.1) is 17.2 Å². The lowest BCUT2D eigenvalue weighted by atomic mass is 9.78. The van der Waals surface area contributed by atoms with E-state index in [2.05, 4.69) is 11.0 Å². The van der Waals surface area contributed by atoms with Gasteiger partial charge in [0.15, 0.2) is 0 Å². The number of fused-ring (bicyclic) bond motifs is 1. The van der Waals surface area contributed by atoms with Gasteiger partial charge < -0.3 is 4.74 Å². The van der Waals surface area contributed by atoms with E-state index in [4.69, 9.17) is 10.00 Å². The van der Waals surface area contributed by atoms with Crippen LogP contribution in [0.5, 0.6) is 5.75 Å². The van der Waals surface area contributed by atoms with E-state index in [1.54, 1.807) is 0 Å². The normalized spacial score (nSPS) is 25.9. The Morgan fingerprint density at radius 3 is 2.86 bits per heavy atom. The van der Waals surface area contributed by atoms with Crippen LogP contribution in [0.3, 0.4) is 0 Å². The maximum Gasteiger partial charge on any atom is 0.137 e. The SMILES string of the molecule is N#Cc1ccccc1OCCN1CCC[C@H]2CCCC[C@H]21. The fraction of sp³-hybridized carbons (Fsp3) is 0.611. The topological polar surface area (TPSA) is 36.3 Å². The molecule has 112 valence electrons. The highest BCUT2D eigenvalue weighted by molar-refractivity contribution is 5.42. The number of nitriles is 1. The van der Waals surface area contributed by atoms with Gasteiger partial charge in [-0.1, -0.05) is 25.0 Å². The number of nitrogens with zero attached hydrogens (tertiary/aromatic N) is 2. The van der Waals surface area contributed by atoms with E-state index < -0.39 is 0 Å². The third kappa shape index (κ3) is 3.39. The molecular formula is C18H24N2O. The summed E-state index contributed by atoms with van der Waals surface area (Å²) < 4.78 is 5.85. The minimum atomic E-state index is 0.631. The third-order valence-electron chi connectivity index (χ3n) is 5.00. The zero-order chi connectivity index (χ0) is 14.5. The Morgan fingerprint density at radius 1 is 1.14 bits per heavy atom. The van der Waals surface area contributed by atoms with Crippen LogP contribution in [-0.4, -0.2) is 30.6 Å². The minimum Gasteiger partial charge on any atom is -0.491 e. The molecule has 1 aliphatic carbocycles. The van der Waals surface area contributed by atoms with E-state index >= 15 is 0 Å². The van der Waals surface area contributed by atoms with Crippen molar-refractivity contribution in [2.45, 2.75) is 44.6 Å². The Hall–Kier alpha value is -1.53. The summed E-state index contributed by atoms with van der Waals surface area (Å²) in [7, 11) is 0. The minimum absolute atomic E-state index is 0.631. The Kier molecular flexibility index (Phi) is 4.77. The van der Waals surface area contributed by atoms with Crippen molar-refractivity contribution in [2.75, 3.05) is 19.7 Å². The number of hydrogen-bond acceptors (Lipinski definition) is 3. The molecule has 0 aromatic heterocycles. The summed E-state index contributed by atoms with van der Waals surface area (Å²) in [6, 6.07) is 10.5. The lowest BCUT2D eigenvalue weighted by molar-refractivity contribution is 0.0501. The number of benzene rings is 1. The van der Waals surface area contributed by atoms with Gasteiger partial charge in [0.25, 0.3) is 0 Å². The van der Waals surface area contributed by atoms with Gasteiger partial charge in [-0.15, -0.1) is 0 Å². The van der Waals surface area contributed by atoms with Crippen LogP contribution in [0.4, 0.5) is 0 Å². The van der Waals surface area contributed by atoms with Gasteiger partial charge in [-0.25, -0.2) is 0 Å². The number of hydrogen-bond donors (Lipinski definition) is 0. The van der Waals surface area contributed by atoms with Crippen molar-refractivity contribution in [1.82, 2.24) is 4.90 Å². The van der Waals surface area contributed by atoms with Crippen LogP contribution < -0.4 is 4.74 Å². The second-order valence-electron chi connectivity index (χ2n) is 6.25. The monoisotopic (exact) mass is 284 g/mol. The number of likely N-dealkylation sites (tertiary alicyclic amines) is 1. The summed E-state index contributed by atoms with van der Waals surface area (Å²) in [5.74, 6) is 1.64.